The van der Waals surface area contributed by atoms with Gasteiger partial charge in [0, 0.05) is 19.6 Å². The normalized spacial score (nSPS) is 23.1. The maximum Gasteiger partial charge on any atom is 0.237 e. The van der Waals surface area contributed by atoms with E-state index in [2.05, 4.69) is 26.4 Å². The Labute approximate surface area is 149 Å². The van der Waals surface area contributed by atoms with Crippen LogP contribution in [0.4, 0.5) is 0 Å². The molecule has 1 N–H and O–H groups in total. The molecular formula is C18H29N5O2. The van der Waals surface area contributed by atoms with E-state index in [0.717, 1.165) is 26.1 Å². The lowest BCUT2D eigenvalue weighted by Gasteiger charge is -2.36. The quantitative estimate of drug-likeness (QED) is 0.755. The summed E-state index contributed by atoms with van der Waals surface area (Å²) < 4.78 is 7.58. The molecule has 2 unspecified atom stereocenters. The molecule has 3 rings (SSSR count). The first kappa shape index (κ1) is 18.1. The first-order valence-electron chi connectivity index (χ1n) is 9.36. The van der Waals surface area contributed by atoms with Gasteiger partial charge in [-0.3, -0.25) is 14.4 Å². The van der Waals surface area contributed by atoms with E-state index >= 15 is 0 Å². The zero-order valence-electron chi connectivity index (χ0n) is 15.1. The monoisotopic (exact) mass is 347 g/mol. The maximum atomic E-state index is 12.5. The first-order chi connectivity index (χ1) is 12.2. The number of carbonyl (C=O) groups is 1. The fraction of sp³-hybridized carbons (Fsp3) is 0.722. The van der Waals surface area contributed by atoms with Crippen molar-refractivity contribution in [1.82, 2.24) is 25.0 Å². The highest BCUT2D eigenvalue weighted by Gasteiger charge is 2.28. The number of hydrogen-bond donors (Lipinski definition) is 1. The Hall–Kier alpha value is -1.73. The first-order valence-corrected chi connectivity index (χ1v) is 9.36. The Balaban J connectivity index is 1.42. The van der Waals surface area contributed by atoms with Crippen molar-refractivity contribution < 1.29 is 9.53 Å². The summed E-state index contributed by atoms with van der Waals surface area (Å²) in [6.07, 6.45) is 11.6. The summed E-state index contributed by atoms with van der Waals surface area (Å²) in [6.45, 7) is 5.55. The molecule has 2 heterocycles. The molecule has 1 aromatic heterocycles. The molecule has 7 heteroatoms. The smallest absolute Gasteiger partial charge is 0.237 e. The molecule has 1 amide bonds. The number of carbonyl (C=O) groups excluding carboxylic acids is 1. The molecule has 0 aromatic carbocycles. The Morgan fingerprint density at radius 3 is 3.16 bits per heavy atom. The van der Waals surface area contributed by atoms with E-state index in [1.165, 1.54) is 37.6 Å². The second kappa shape index (κ2) is 9.10. The van der Waals surface area contributed by atoms with Crippen LogP contribution in [0.25, 0.3) is 0 Å². The summed E-state index contributed by atoms with van der Waals surface area (Å²) in [4.78, 5) is 18.6. The second-order valence-electron chi connectivity index (χ2n) is 6.93. The van der Waals surface area contributed by atoms with E-state index in [0.29, 0.717) is 13.2 Å². The molecule has 0 bridgehead atoms. The maximum absolute atomic E-state index is 12.5. The lowest BCUT2D eigenvalue weighted by Crippen LogP contribution is -2.53. The molecule has 0 radical (unpaired) electrons. The van der Waals surface area contributed by atoms with Gasteiger partial charge in [-0.1, -0.05) is 11.6 Å². The van der Waals surface area contributed by atoms with E-state index < -0.39 is 0 Å². The fourth-order valence-electron chi connectivity index (χ4n) is 3.53. The van der Waals surface area contributed by atoms with Gasteiger partial charge in [0.2, 0.25) is 5.91 Å². The molecule has 1 fully saturated rings. The highest BCUT2D eigenvalue weighted by Crippen LogP contribution is 2.19. The van der Waals surface area contributed by atoms with Crippen LogP contribution in [0.3, 0.4) is 0 Å². The van der Waals surface area contributed by atoms with E-state index in [1.807, 2.05) is 6.92 Å². The number of nitrogens with zero attached hydrogens (tertiary/aromatic N) is 4. The molecule has 2 aliphatic rings. The van der Waals surface area contributed by atoms with Gasteiger partial charge in [0.1, 0.15) is 12.7 Å². The van der Waals surface area contributed by atoms with E-state index in [4.69, 9.17) is 4.74 Å². The number of ether oxygens (including phenoxy) is 1. The Bertz CT molecular complexity index is 572. The van der Waals surface area contributed by atoms with E-state index in [9.17, 15) is 4.79 Å². The Kier molecular flexibility index (Phi) is 6.58. The number of rotatable bonds is 7. The summed E-state index contributed by atoms with van der Waals surface area (Å²) >= 11 is 0. The number of amides is 1. The summed E-state index contributed by atoms with van der Waals surface area (Å²) in [6, 6.07) is -0.137. The zero-order valence-corrected chi connectivity index (χ0v) is 15.1. The zero-order chi connectivity index (χ0) is 17.5. The molecular weight excluding hydrogens is 318 g/mol. The lowest BCUT2D eigenvalue weighted by atomic mass is 9.97. The molecule has 25 heavy (non-hydrogen) atoms. The number of nitrogens with one attached hydrogen (secondary N) is 1. The number of allylic oxidation sites excluding steroid dienone is 1. The average Bonchev–Trinajstić information content (AvgIpc) is 3.15. The molecule has 1 aromatic rings. The van der Waals surface area contributed by atoms with Crippen LogP contribution in [-0.2, 0) is 16.1 Å². The van der Waals surface area contributed by atoms with Crippen molar-refractivity contribution in [2.24, 2.45) is 0 Å². The minimum absolute atomic E-state index is 0.0399. The predicted molar refractivity (Wildman–Crippen MR) is 95.0 cm³/mol. The van der Waals surface area contributed by atoms with Crippen molar-refractivity contribution in [3.05, 3.63) is 24.3 Å². The van der Waals surface area contributed by atoms with E-state index in [-0.39, 0.29) is 18.1 Å². The molecule has 1 aliphatic carbocycles. The molecule has 2 atom stereocenters. The highest BCUT2D eigenvalue weighted by atomic mass is 16.5. The average molecular weight is 347 g/mol. The predicted octanol–water partition coefficient (Wildman–Crippen LogP) is 1.37. The standard InChI is InChI=1S/C18H29N5O2/c1-15(18(24)20-8-7-16-5-3-2-4-6-16)22-9-10-25-17(11-22)12-23-14-19-13-21-23/h5,13-15,17H,2-4,6-12H2,1H3,(H,20,24). The van der Waals surface area contributed by atoms with Crippen molar-refractivity contribution in [3.63, 3.8) is 0 Å². The van der Waals surface area contributed by atoms with E-state index in [1.54, 1.807) is 11.0 Å². The molecule has 7 nitrogen and oxygen atoms in total. The highest BCUT2D eigenvalue weighted by molar-refractivity contribution is 5.81. The largest absolute Gasteiger partial charge is 0.374 e. The topological polar surface area (TPSA) is 72.3 Å². The molecule has 1 aliphatic heterocycles. The third kappa shape index (κ3) is 5.37. The SMILES string of the molecule is CC(C(=O)NCCC1=CCCCC1)N1CCOC(Cn2cncn2)C1. The van der Waals surface area contributed by atoms with Crippen molar-refractivity contribution in [1.29, 1.82) is 0 Å². The van der Waals surface area contributed by atoms with Gasteiger partial charge in [0.25, 0.3) is 0 Å². The minimum atomic E-state index is -0.137. The third-order valence-electron chi connectivity index (χ3n) is 5.09. The van der Waals surface area contributed by atoms with Gasteiger partial charge < -0.3 is 10.1 Å². The van der Waals surface area contributed by atoms with Crippen LogP contribution in [0.2, 0.25) is 0 Å². The van der Waals surface area contributed by atoms with Crippen LogP contribution >= 0.6 is 0 Å². The minimum Gasteiger partial charge on any atom is -0.374 e. The van der Waals surface area contributed by atoms with Gasteiger partial charge in [-0.25, -0.2) is 4.98 Å². The summed E-state index contributed by atoms with van der Waals surface area (Å²) in [5.74, 6) is 0.109. The molecule has 0 spiro atoms. The number of hydrogen-bond acceptors (Lipinski definition) is 5. The van der Waals surface area contributed by atoms with Crippen molar-refractivity contribution >= 4 is 5.91 Å². The van der Waals surface area contributed by atoms with Gasteiger partial charge in [0.05, 0.1) is 25.3 Å². The molecule has 1 saturated heterocycles. The van der Waals surface area contributed by atoms with Crippen LogP contribution in [0.5, 0.6) is 0 Å². The second-order valence-corrected chi connectivity index (χ2v) is 6.93. The Morgan fingerprint density at radius 1 is 1.48 bits per heavy atom. The van der Waals surface area contributed by atoms with Crippen LogP contribution in [0.1, 0.15) is 39.0 Å². The number of morpholine rings is 1. The summed E-state index contributed by atoms with van der Waals surface area (Å²) in [5.41, 5.74) is 1.50. The third-order valence-corrected chi connectivity index (χ3v) is 5.09. The van der Waals surface area contributed by atoms with Crippen LogP contribution in [0.15, 0.2) is 24.3 Å². The number of aromatic nitrogens is 3. The molecule has 138 valence electrons. The van der Waals surface area contributed by atoms with Gasteiger partial charge in [0.15, 0.2) is 0 Å². The van der Waals surface area contributed by atoms with Gasteiger partial charge in [-0.2, -0.15) is 5.10 Å². The lowest BCUT2D eigenvalue weighted by molar-refractivity contribution is -0.129. The summed E-state index contributed by atoms with van der Waals surface area (Å²) in [5, 5.41) is 7.22. The van der Waals surface area contributed by atoms with Crippen molar-refractivity contribution in [2.75, 3.05) is 26.2 Å². The van der Waals surface area contributed by atoms with Gasteiger partial charge in [-0.05, 0) is 39.0 Å². The summed E-state index contributed by atoms with van der Waals surface area (Å²) in [7, 11) is 0. The Morgan fingerprint density at radius 2 is 2.40 bits per heavy atom. The van der Waals surface area contributed by atoms with Gasteiger partial charge in [-0.15, -0.1) is 0 Å². The van der Waals surface area contributed by atoms with Crippen molar-refractivity contribution in [3.8, 4) is 0 Å². The van der Waals surface area contributed by atoms with Crippen molar-refractivity contribution in [2.45, 2.75) is 57.7 Å². The van der Waals surface area contributed by atoms with Crippen LogP contribution < -0.4 is 5.32 Å². The fourth-order valence-corrected chi connectivity index (χ4v) is 3.53. The van der Waals surface area contributed by atoms with Gasteiger partial charge >= 0.3 is 0 Å². The van der Waals surface area contributed by atoms with Crippen LogP contribution in [-0.4, -0.2) is 64.0 Å². The van der Waals surface area contributed by atoms with Crippen LogP contribution in [0, 0.1) is 0 Å². The molecule has 0 saturated carbocycles.